The highest BCUT2D eigenvalue weighted by molar-refractivity contribution is 9.10. The third-order valence-corrected chi connectivity index (χ3v) is 5.11. The maximum Gasteiger partial charge on any atom is 0.0931 e. The lowest BCUT2D eigenvalue weighted by Crippen LogP contribution is -2.23. The molecule has 0 radical (unpaired) electrons. The van der Waals surface area contributed by atoms with Crippen molar-refractivity contribution in [2.75, 3.05) is 18.5 Å². The molecule has 1 heterocycles. The highest BCUT2D eigenvalue weighted by Gasteiger charge is 2.14. The zero-order valence-electron chi connectivity index (χ0n) is 12.5. The van der Waals surface area contributed by atoms with Crippen LogP contribution in [0.2, 0.25) is 4.34 Å². The summed E-state index contributed by atoms with van der Waals surface area (Å²) in [6, 6.07) is 10.8. The van der Waals surface area contributed by atoms with Gasteiger partial charge in [0.15, 0.2) is 0 Å². The van der Waals surface area contributed by atoms with Crippen LogP contribution < -0.4 is 10.2 Å². The third kappa shape index (κ3) is 4.46. The summed E-state index contributed by atoms with van der Waals surface area (Å²) in [5.41, 5.74) is 2.55. The summed E-state index contributed by atoms with van der Waals surface area (Å²) in [5, 5.41) is 3.49. The van der Waals surface area contributed by atoms with E-state index in [1.807, 2.05) is 6.07 Å². The molecule has 21 heavy (non-hydrogen) atoms. The second kappa shape index (κ2) is 7.63. The van der Waals surface area contributed by atoms with E-state index in [0.29, 0.717) is 6.04 Å². The molecule has 2 rings (SSSR count). The summed E-state index contributed by atoms with van der Waals surface area (Å²) in [6.07, 6.45) is 0. The molecule has 2 aromatic rings. The lowest BCUT2D eigenvalue weighted by Gasteiger charge is -2.25. The Kier molecular flexibility index (Phi) is 6.11. The molecule has 1 N–H and O–H groups in total. The maximum absolute atomic E-state index is 6.02. The van der Waals surface area contributed by atoms with E-state index in [1.54, 1.807) is 11.3 Å². The highest BCUT2D eigenvalue weighted by atomic mass is 79.9. The molecule has 2 nitrogen and oxygen atoms in total. The first-order chi connectivity index (χ1) is 10.0. The SMILES string of the molecule is CCNC(C)c1cc(Br)ccc1N(C)Cc1ccc(Cl)s1. The van der Waals surface area contributed by atoms with E-state index in [1.165, 1.54) is 16.1 Å². The van der Waals surface area contributed by atoms with Crippen molar-refractivity contribution in [3.05, 3.63) is 49.6 Å². The first-order valence-electron chi connectivity index (χ1n) is 6.99. The topological polar surface area (TPSA) is 15.3 Å². The van der Waals surface area contributed by atoms with Gasteiger partial charge in [0.1, 0.15) is 0 Å². The minimum absolute atomic E-state index is 0.317. The number of hydrogen-bond donors (Lipinski definition) is 1. The monoisotopic (exact) mass is 386 g/mol. The zero-order valence-corrected chi connectivity index (χ0v) is 15.6. The minimum Gasteiger partial charge on any atom is -0.369 e. The number of thiophene rings is 1. The molecule has 1 unspecified atom stereocenters. The normalized spacial score (nSPS) is 12.4. The van der Waals surface area contributed by atoms with Crippen molar-refractivity contribution in [3.8, 4) is 0 Å². The fourth-order valence-electron chi connectivity index (χ4n) is 2.39. The molecule has 0 aliphatic heterocycles. The van der Waals surface area contributed by atoms with Gasteiger partial charge in [-0.3, -0.25) is 0 Å². The van der Waals surface area contributed by atoms with Crippen molar-refractivity contribution in [2.45, 2.75) is 26.4 Å². The van der Waals surface area contributed by atoms with Crippen LogP contribution in [0.25, 0.3) is 0 Å². The summed E-state index contributed by atoms with van der Waals surface area (Å²) in [4.78, 5) is 3.55. The molecular weight excluding hydrogens is 368 g/mol. The van der Waals surface area contributed by atoms with Crippen LogP contribution in [0.1, 0.15) is 30.3 Å². The maximum atomic E-state index is 6.02. The van der Waals surface area contributed by atoms with E-state index in [2.05, 4.69) is 71.3 Å². The molecule has 1 aromatic heterocycles. The molecule has 1 aromatic carbocycles. The van der Waals surface area contributed by atoms with Gasteiger partial charge >= 0.3 is 0 Å². The van der Waals surface area contributed by atoms with Crippen molar-refractivity contribution in [2.24, 2.45) is 0 Å². The van der Waals surface area contributed by atoms with Crippen LogP contribution in [0.15, 0.2) is 34.8 Å². The van der Waals surface area contributed by atoms with Gasteiger partial charge in [0.25, 0.3) is 0 Å². The van der Waals surface area contributed by atoms with Crippen LogP contribution in [0.4, 0.5) is 5.69 Å². The van der Waals surface area contributed by atoms with Crippen LogP contribution in [-0.2, 0) is 6.54 Å². The van der Waals surface area contributed by atoms with Gasteiger partial charge in [0, 0.05) is 28.1 Å². The molecule has 0 bridgehead atoms. The Morgan fingerprint density at radius 1 is 1.33 bits per heavy atom. The Bertz CT molecular complexity index is 600. The van der Waals surface area contributed by atoms with Gasteiger partial charge in [-0.05, 0) is 49.4 Å². The lowest BCUT2D eigenvalue weighted by molar-refractivity contribution is 0.596. The third-order valence-electron chi connectivity index (χ3n) is 3.40. The van der Waals surface area contributed by atoms with E-state index in [4.69, 9.17) is 11.6 Å². The Hall–Kier alpha value is -0.550. The lowest BCUT2D eigenvalue weighted by atomic mass is 10.1. The number of halogens is 2. The molecule has 0 fully saturated rings. The molecule has 0 amide bonds. The van der Waals surface area contributed by atoms with Crippen molar-refractivity contribution in [3.63, 3.8) is 0 Å². The molecule has 0 aliphatic carbocycles. The fraction of sp³-hybridized carbons (Fsp3) is 0.375. The number of rotatable bonds is 6. The first kappa shape index (κ1) is 16.8. The Morgan fingerprint density at radius 2 is 2.10 bits per heavy atom. The van der Waals surface area contributed by atoms with E-state index >= 15 is 0 Å². The van der Waals surface area contributed by atoms with E-state index in [0.717, 1.165) is 21.9 Å². The predicted octanol–water partition coefficient (Wildman–Crippen LogP) is 5.47. The summed E-state index contributed by atoms with van der Waals surface area (Å²) in [5.74, 6) is 0. The number of nitrogens with one attached hydrogen (secondary N) is 1. The quantitative estimate of drug-likeness (QED) is 0.707. The summed E-state index contributed by atoms with van der Waals surface area (Å²) >= 11 is 11.2. The molecule has 0 saturated carbocycles. The van der Waals surface area contributed by atoms with Gasteiger partial charge in [-0.1, -0.05) is 34.5 Å². The standard InChI is InChI=1S/C16H20BrClN2S/c1-4-19-11(2)14-9-12(17)5-7-15(14)20(3)10-13-6-8-16(18)21-13/h5-9,11,19H,4,10H2,1-3H3. The Labute approximate surface area is 144 Å². The van der Waals surface area contributed by atoms with Crippen molar-refractivity contribution in [1.82, 2.24) is 5.32 Å². The Balaban J connectivity index is 2.25. The molecule has 0 saturated heterocycles. The van der Waals surface area contributed by atoms with Crippen molar-refractivity contribution in [1.29, 1.82) is 0 Å². The van der Waals surface area contributed by atoms with Gasteiger partial charge in [0.2, 0.25) is 0 Å². The minimum atomic E-state index is 0.317. The van der Waals surface area contributed by atoms with Crippen LogP contribution >= 0.6 is 38.9 Å². The van der Waals surface area contributed by atoms with E-state index < -0.39 is 0 Å². The van der Waals surface area contributed by atoms with Crippen LogP contribution in [0, 0.1) is 0 Å². The fourth-order valence-corrected chi connectivity index (χ4v) is 3.91. The van der Waals surface area contributed by atoms with Gasteiger partial charge in [-0.2, -0.15) is 0 Å². The summed E-state index contributed by atoms with van der Waals surface area (Å²) < 4.78 is 1.95. The predicted molar refractivity (Wildman–Crippen MR) is 97.7 cm³/mol. The molecule has 0 spiro atoms. The molecule has 114 valence electrons. The van der Waals surface area contributed by atoms with Gasteiger partial charge in [0.05, 0.1) is 10.9 Å². The second-order valence-electron chi connectivity index (χ2n) is 5.04. The average Bonchev–Trinajstić information content (AvgIpc) is 2.84. The first-order valence-corrected chi connectivity index (χ1v) is 8.98. The highest BCUT2D eigenvalue weighted by Crippen LogP contribution is 2.31. The molecule has 0 aliphatic rings. The number of benzene rings is 1. The molecule has 5 heteroatoms. The van der Waals surface area contributed by atoms with Crippen molar-refractivity contribution >= 4 is 44.6 Å². The smallest absolute Gasteiger partial charge is 0.0931 e. The number of anilines is 1. The molecule has 1 atom stereocenters. The number of hydrogen-bond acceptors (Lipinski definition) is 3. The van der Waals surface area contributed by atoms with Crippen LogP contribution in [0.3, 0.4) is 0 Å². The van der Waals surface area contributed by atoms with Gasteiger partial charge < -0.3 is 10.2 Å². The zero-order chi connectivity index (χ0) is 15.4. The number of nitrogens with zero attached hydrogens (tertiary/aromatic N) is 1. The van der Waals surface area contributed by atoms with Gasteiger partial charge in [-0.15, -0.1) is 11.3 Å². The molecular formula is C16H20BrClN2S. The largest absolute Gasteiger partial charge is 0.369 e. The summed E-state index contributed by atoms with van der Waals surface area (Å²) in [7, 11) is 2.12. The second-order valence-corrected chi connectivity index (χ2v) is 7.76. The van der Waals surface area contributed by atoms with Crippen molar-refractivity contribution < 1.29 is 0 Å². The van der Waals surface area contributed by atoms with Gasteiger partial charge in [-0.25, -0.2) is 0 Å². The Morgan fingerprint density at radius 3 is 2.71 bits per heavy atom. The van der Waals surface area contributed by atoms with Crippen LogP contribution in [-0.4, -0.2) is 13.6 Å². The van der Waals surface area contributed by atoms with E-state index in [9.17, 15) is 0 Å². The van der Waals surface area contributed by atoms with E-state index in [-0.39, 0.29) is 0 Å². The summed E-state index contributed by atoms with van der Waals surface area (Å²) in [6.45, 7) is 6.15. The van der Waals surface area contributed by atoms with Crippen LogP contribution in [0.5, 0.6) is 0 Å². The average molecular weight is 388 g/mol.